The maximum atomic E-state index is 13.0. The molecule has 188 valence electrons. The Bertz CT molecular complexity index is 1070. The van der Waals surface area contributed by atoms with E-state index in [4.69, 9.17) is 0 Å². The predicted octanol–water partition coefficient (Wildman–Crippen LogP) is 6.69. The van der Waals surface area contributed by atoms with Gasteiger partial charge in [0, 0.05) is 11.6 Å². The summed E-state index contributed by atoms with van der Waals surface area (Å²) < 4.78 is 0. The molecule has 4 aliphatic carbocycles. The highest BCUT2D eigenvalue weighted by Crippen LogP contribution is 2.67. The van der Waals surface area contributed by atoms with Crippen molar-refractivity contribution in [2.24, 2.45) is 34.0 Å². The summed E-state index contributed by atoms with van der Waals surface area (Å²) in [4.78, 5) is 13.0. The molecule has 3 heteroatoms. The number of fused-ring (bicyclic) bond motifs is 4. The van der Waals surface area contributed by atoms with Crippen molar-refractivity contribution in [3.05, 3.63) is 71.3 Å². The molecule has 4 aliphatic rings. The van der Waals surface area contributed by atoms with Crippen molar-refractivity contribution in [3.8, 4) is 0 Å². The summed E-state index contributed by atoms with van der Waals surface area (Å²) in [5, 5.41) is 6.92. The minimum atomic E-state index is -0.0395. The average Bonchev–Trinajstić information content (AvgIpc) is 2.99. The molecule has 1 fully saturated rings. The highest BCUT2D eigenvalue weighted by Gasteiger charge is 2.60. The van der Waals surface area contributed by atoms with Gasteiger partial charge >= 0.3 is 0 Å². The van der Waals surface area contributed by atoms with Crippen LogP contribution in [0.5, 0.6) is 0 Å². The molecule has 5 rings (SSSR count). The molecule has 2 N–H and O–H groups in total. The molecule has 35 heavy (non-hydrogen) atoms. The first-order valence-electron chi connectivity index (χ1n) is 13.7. The van der Waals surface area contributed by atoms with Gasteiger partial charge in [0.1, 0.15) is 0 Å². The standard InChI is InChI=1S/C32H44N2O/c1-21(33-6)25-17-19-32(5)27-14-13-26-23(20-24(27)16-18-31(25,32)4)12-15-28(30(26,2)3)34-29(35)22-10-8-7-9-11-22/h7-12,15-16,20-21,25-28,33H,13-14,17-19H2,1-6H3,(H,34,35)/t21-,25+,26+,27+,28-,31+,32-/m0/s1. The highest BCUT2D eigenvalue weighted by atomic mass is 16.1. The summed E-state index contributed by atoms with van der Waals surface area (Å²) in [7, 11) is 2.12. The molecule has 7 atom stereocenters. The van der Waals surface area contributed by atoms with Crippen LogP contribution < -0.4 is 10.6 Å². The van der Waals surface area contributed by atoms with Crippen molar-refractivity contribution in [2.75, 3.05) is 7.05 Å². The number of rotatable bonds is 4. The lowest BCUT2D eigenvalue weighted by Gasteiger charge is -2.53. The maximum absolute atomic E-state index is 13.0. The van der Waals surface area contributed by atoms with Gasteiger partial charge in [-0.05, 0) is 103 Å². The molecule has 0 radical (unpaired) electrons. The van der Waals surface area contributed by atoms with Crippen LogP contribution in [0.15, 0.2) is 65.8 Å². The third-order valence-electron chi connectivity index (χ3n) is 11.1. The second-order valence-corrected chi connectivity index (χ2v) is 12.8. The molecule has 0 aliphatic heterocycles. The van der Waals surface area contributed by atoms with E-state index in [2.05, 4.69) is 76.6 Å². The fourth-order valence-electron chi connectivity index (χ4n) is 8.41. The predicted molar refractivity (Wildman–Crippen MR) is 145 cm³/mol. The van der Waals surface area contributed by atoms with E-state index in [-0.39, 0.29) is 17.4 Å². The fraction of sp³-hybridized carbons (Fsp3) is 0.594. The van der Waals surface area contributed by atoms with Gasteiger partial charge in [-0.15, -0.1) is 0 Å². The third kappa shape index (κ3) is 3.77. The maximum Gasteiger partial charge on any atom is 0.251 e. The first-order chi connectivity index (χ1) is 16.6. The molecule has 1 amide bonds. The lowest BCUT2D eigenvalue weighted by Crippen LogP contribution is -2.50. The highest BCUT2D eigenvalue weighted by molar-refractivity contribution is 5.94. The van der Waals surface area contributed by atoms with E-state index in [1.54, 1.807) is 5.57 Å². The van der Waals surface area contributed by atoms with Gasteiger partial charge in [0.2, 0.25) is 0 Å². The van der Waals surface area contributed by atoms with Gasteiger partial charge in [-0.3, -0.25) is 4.79 Å². The Kier molecular flexibility index (Phi) is 6.15. The molecule has 0 heterocycles. The third-order valence-corrected chi connectivity index (χ3v) is 11.1. The van der Waals surface area contributed by atoms with E-state index >= 15 is 0 Å². The summed E-state index contributed by atoms with van der Waals surface area (Å²) in [6, 6.07) is 10.2. The van der Waals surface area contributed by atoms with Gasteiger partial charge < -0.3 is 10.6 Å². The number of nitrogens with one attached hydrogen (secondary N) is 2. The number of carbonyl (C=O) groups excluding carboxylic acids is 1. The molecular weight excluding hydrogens is 428 g/mol. The fourth-order valence-corrected chi connectivity index (χ4v) is 8.41. The van der Waals surface area contributed by atoms with Gasteiger partial charge in [0.25, 0.3) is 5.91 Å². The largest absolute Gasteiger partial charge is 0.345 e. The Labute approximate surface area is 212 Å². The molecule has 1 aromatic rings. The van der Waals surface area contributed by atoms with Crippen molar-refractivity contribution in [1.82, 2.24) is 10.6 Å². The van der Waals surface area contributed by atoms with Gasteiger partial charge in [-0.2, -0.15) is 0 Å². The van der Waals surface area contributed by atoms with Gasteiger partial charge in [-0.1, -0.05) is 70.2 Å². The number of hydrogen-bond donors (Lipinski definition) is 2. The van der Waals surface area contributed by atoms with Crippen molar-refractivity contribution >= 4 is 5.91 Å². The molecule has 0 unspecified atom stereocenters. The van der Waals surface area contributed by atoms with Crippen LogP contribution in [0.25, 0.3) is 0 Å². The zero-order valence-corrected chi connectivity index (χ0v) is 22.5. The van der Waals surface area contributed by atoms with Crippen molar-refractivity contribution in [3.63, 3.8) is 0 Å². The Morgan fingerprint density at radius 1 is 0.971 bits per heavy atom. The number of hydrogen-bond acceptors (Lipinski definition) is 2. The van der Waals surface area contributed by atoms with E-state index < -0.39 is 0 Å². The summed E-state index contributed by atoms with van der Waals surface area (Å²) in [5.74, 6) is 1.81. The molecule has 1 aromatic carbocycles. The molecule has 3 nitrogen and oxygen atoms in total. The monoisotopic (exact) mass is 472 g/mol. The smallest absolute Gasteiger partial charge is 0.251 e. The van der Waals surface area contributed by atoms with Gasteiger partial charge in [0.05, 0.1) is 6.04 Å². The van der Waals surface area contributed by atoms with Crippen LogP contribution in [-0.4, -0.2) is 25.0 Å². The van der Waals surface area contributed by atoms with Crippen LogP contribution >= 0.6 is 0 Å². The normalized spacial score (nSPS) is 38.2. The molecular formula is C32H44N2O. The zero-order valence-electron chi connectivity index (χ0n) is 22.5. The van der Waals surface area contributed by atoms with E-state index in [0.29, 0.717) is 28.7 Å². The quantitative estimate of drug-likeness (QED) is 0.512. The minimum absolute atomic E-state index is 0.0182. The Morgan fingerprint density at radius 2 is 1.69 bits per heavy atom. The molecule has 0 bridgehead atoms. The Morgan fingerprint density at radius 3 is 2.40 bits per heavy atom. The second-order valence-electron chi connectivity index (χ2n) is 12.8. The molecule has 0 saturated heterocycles. The van der Waals surface area contributed by atoms with E-state index in [1.807, 2.05) is 30.3 Å². The number of allylic oxidation sites excluding steroid dienone is 5. The summed E-state index contributed by atoms with van der Waals surface area (Å²) >= 11 is 0. The van der Waals surface area contributed by atoms with Crippen molar-refractivity contribution < 1.29 is 4.79 Å². The van der Waals surface area contributed by atoms with Crippen molar-refractivity contribution in [2.45, 2.75) is 78.8 Å². The lowest BCUT2D eigenvalue weighted by atomic mass is 9.51. The number of amides is 1. The first-order valence-corrected chi connectivity index (χ1v) is 13.7. The summed E-state index contributed by atoms with van der Waals surface area (Å²) in [6.45, 7) is 12.3. The van der Waals surface area contributed by atoms with E-state index in [9.17, 15) is 4.79 Å². The Hall–Kier alpha value is -2.13. The van der Waals surface area contributed by atoms with Crippen molar-refractivity contribution in [1.29, 1.82) is 0 Å². The topological polar surface area (TPSA) is 41.1 Å². The van der Waals surface area contributed by atoms with E-state index in [1.165, 1.54) is 37.7 Å². The summed E-state index contributed by atoms with van der Waals surface area (Å²) in [6.07, 6.45) is 15.9. The molecule has 0 aromatic heterocycles. The SMILES string of the molecule is CN[C@@H](C)[C@H]1CC[C@@]2(C)[C@@H]3CC[C@@H]4C(=CC3=CC[C@]12C)C=C[C@H](NC(=O)c1ccccc1)C4(C)C. The average molecular weight is 473 g/mol. The lowest BCUT2D eigenvalue weighted by molar-refractivity contribution is 0.00178. The van der Waals surface area contributed by atoms with E-state index in [0.717, 1.165) is 11.5 Å². The van der Waals surface area contributed by atoms with Crippen LogP contribution in [-0.2, 0) is 0 Å². The van der Waals surface area contributed by atoms with Crippen LogP contribution in [0.2, 0.25) is 0 Å². The Balaban J connectivity index is 1.42. The van der Waals surface area contributed by atoms with Gasteiger partial charge in [-0.25, -0.2) is 0 Å². The number of carbonyl (C=O) groups is 1. The van der Waals surface area contributed by atoms with Crippen LogP contribution in [0, 0.1) is 34.0 Å². The van der Waals surface area contributed by atoms with Crippen LogP contribution in [0.1, 0.15) is 77.1 Å². The van der Waals surface area contributed by atoms with Crippen LogP contribution in [0.3, 0.4) is 0 Å². The minimum Gasteiger partial charge on any atom is -0.345 e. The number of benzene rings is 1. The van der Waals surface area contributed by atoms with Gasteiger partial charge in [0.15, 0.2) is 0 Å². The molecule has 0 spiro atoms. The zero-order chi connectivity index (χ0) is 25.0. The molecule has 1 saturated carbocycles. The second kappa shape index (κ2) is 8.76. The van der Waals surface area contributed by atoms with Crippen LogP contribution in [0.4, 0.5) is 0 Å². The first kappa shape index (κ1) is 24.6. The summed E-state index contributed by atoms with van der Waals surface area (Å²) in [5.41, 5.74) is 4.41.